The second-order valence-electron chi connectivity index (χ2n) is 6.43. The number of hydrogen-bond acceptors (Lipinski definition) is 7. The lowest BCUT2D eigenvalue weighted by atomic mass is 10.2. The van der Waals surface area contributed by atoms with Crippen molar-refractivity contribution >= 4 is 35.1 Å². The number of hydrogen-bond donors (Lipinski definition) is 1. The molecular weight excluding hydrogens is 396 g/mol. The van der Waals surface area contributed by atoms with Crippen molar-refractivity contribution in [1.29, 1.82) is 0 Å². The molecule has 10 heteroatoms. The van der Waals surface area contributed by atoms with Crippen LogP contribution in [0.4, 0.5) is 11.6 Å². The van der Waals surface area contributed by atoms with Crippen LogP contribution in [0.15, 0.2) is 37.2 Å². The zero-order valence-corrected chi connectivity index (χ0v) is 16.9. The maximum atomic E-state index is 12.7. The predicted molar refractivity (Wildman–Crippen MR) is 109 cm³/mol. The van der Waals surface area contributed by atoms with Gasteiger partial charge in [-0.2, -0.15) is 4.98 Å². The topological polar surface area (TPSA) is 101 Å². The van der Waals surface area contributed by atoms with E-state index in [9.17, 15) is 9.59 Å². The summed E-state index contributed by atoms with van der Waals surface area (Å²) in [5, 5.41) is 3.52. The Morgan fingerprint density at radius 3 is 2.83 bits per heavy atom. The third-order valence-electron chi connectivity index (χ3n) is 4.57. The zero-order chi connectivity index (χ0) is 21.0. The Balaban J connectivity index is 1.61. The van der Waals surface area contributed by atoms with Gasteiger partial charge in [0.2, 0.25) is 17.7 Å². The summed E-state index contributed by atoms with van der Waals surface area (Å²) in [6.07, 6.45) is 4.92. The van der Waals surface area contributed by atoms with Crippen LogP contribution in [0.3, 0.4) is 0 Å². The van der Waals surface area contributed by atoms with E-state index in [1.165, 1.54) is 30.5 Å². The molecule has 2 aromatic rings. The molecule has 9 nitrogen and oxygen atoms in total. The van der Waals surface area contributed by atoms with Gasteiger partial charge >= 0.3 is 0 Å². The van der Waals surface area contributed by atoms with Gasteiger partial charge in [-0.15, -0.1) is 0 Å². The molecule has 1 atom stereocenters. The molecule has 2 aromatic heterocycles. The van der Waals surface area contributed by atoms with Crippen LogP contribution in [0.1, 0.15) is 16.9 Å². The van der Waals surface area contributed by atoms with Crippen molar-refractivity contribution in [2.75, 3.05) is 37.5 Å². The van der Waals surface area contributed by atoms with E-state index < -0.39 is 0 Å². The van der Waals surface area contributed by atoms with E-state index >= 15 is 0 Å². The number of carbonyl (C=O) groups is 2. The quantitative estimate of drug-likeness (QED) is 0.719. The molecule has 1 saturated heterocycles. The first kappa shape index (κ1) is 20.5. The molecule has 0 aliphatic carbocycles. The Labute approximate surface area is 173 Å². The van der Waals surface area contributed by atoms with Gasteiger partial charge in [0.15, 0.2) is 0 Å². The van der Waals surface area contributed by atoms with Gasteiger partial charge in [-0.1, -0.05) is 18.2 Å². The fourth-order valence-electron chi connectivity index (χ4n) is 2.95. The van der Waals surface area contributed by atoms with E-state index in [4.69, 9.17) is 16.3 Å². The normalized spacial score (nSPS) is 15.7. The van der Waals surface area contributed by atoms with Gasteiger partial charge in [0.05, 0.1) is 25.2 Å². The molecule has 2 amide bonds. The number of ether oxygens (including phenoxy) is 1. The number of aromatic nitrogens is 3. The summed E-state index contributed by atoms with van der Waals surface area (Å²) in [5.41, 5.74) is 0.902. The number of nitrogens with zero attached hydrogens (tertiary/aromatic N) is 5. The van der Waals surface area contributed by atoms with E-state index in [1.54, 1.807) is 24.1 Å². The number of nitrogens with one attached hydrogen (secondary N) is 1. The lowest BCUT2D eigenvalue weighted by Crippen LogP contribution is -2.32. The molecule has 0 unspecified atom stereocenters. The van der Waals surface area contributed by atoms with E-state index in [0.29, 0.717) is 41.3 Å². The van der Waals surface area contributed by atoms with Gasteiger partial charge in [0.1, 0.15) is 10.7 Å². The van der Waals surface area contributed by atoms with E-state index in [1.807, 2.05) is 0 Å². The van der Waals surface area contributed by atoms with Crippen molar-refractivity contribution < 1.29 is 14.3 Å². The SMILES string of the molecule is C=CC(=O)N(C)c1ccc(C(=O)N2CC[C@H](Nc3ncc(Cl)c(OC)n3)C2)nc1. The third kappa shape index (κ3) is 4.62. The van der Waals surface area contributed by atoms with Gasteiger partial charge < -0.3 is 19.9 Å². The second kappa shape index (κ2) is 8.87. The van der Waals surface area contributed by atoms with Crippen molar-refractivity contribution in [1.82, 2.24) is 19.9 Å². The highest BCUT2D eigenvalue weighted by Crippen LogP contribution is 2.23. The molecule has 152 valence electrons. The molecule has 3 rings (SSSR count). The summed E-state index contributed by atoms with van der Waals surface area (Å²) in [6.45, 7) is 4.53. The molecule has 1 aliphatic rings. The van der Waals surface area contributed by atoms with E-state index in [0.717, 1.165) is 6.42 Å². The minimum absolute atomic E-state index is 0.000418. The summed E-state index contributed by atoms with van der Waals surface area (Å²) in [4.78, 5) is 40.1. The summed E-state index contributed by atoms with van der Waals surface area (Å²) in [7, 11) is 3.10. The number of anilines is 2. The van der Waals surface area contributed by atoms with Crippen molar-refractivity contribution in [2.45, 2.75) is 12.5 Å². The largest absolute Gasteiger partial charge is 0.480 e. The number of halogens is 1. The van der Waals surface area contributed by atoms with Crippen LogP contribution in [-0.2, 0) is 4.79 Å². The predicted octanol–water partition coefficient (Wildman–Crippen LogP) is 2.01. The standard InChI is InChI=1S/C19H21ClN6O3/c1-4-16(27)25(2)13-5-6-15(21-9-13)18(28)26-8-7-12(11-26)23-19-22-10-14(20)17(24-19)29-3/h4-6,9-10,12H,1,7-8,11H2,2-3H3,(H,22,23,24)/t12-/m0/s1. The van der Waals surface area contributed by atoms with Crippen LogP contribution in [0, 0.1) is 0 Å². The summed E-state index contributed by atoms with van der Waals surface area (Å²) >= 11 is 5.94. The van der Waals surface area contributed by atoms with Crippen LogP contribution >= 0.6 is 11.6 Å². The third-order valence-corrected chi connectivity index (χ3v) is 4.83. The number of likely N-dealkylation sites (N-methyl/N-ethyl adjacent to an activating group) is 1. The number of carbonyl (C=O) groups excluding carboxylic acids is 2. The van der Waals surface area contributed by atoms with Gasteiger partial charge in [0, 0.05) is 26.2 Å². The summed E-state index contributed by atoms with van der Waals surface area (Å²) in [6, 6.07) is 3.29. The van der Waals surface area contributed by atoms with E-state index in [-0.39, 0.29) is 17.9 Å². The van der Waals surface area contributed by atoms with Gasteiger partial charge in [-0.3, -0.25) is 9.59 Å². The zero-order valence-electron chi connectivity index (χ0n) is 16.1. The lowest BCUT2D eigenvalue weighted by molar-refractivity contribution is -0.113. The first-order valence-corrected chi connectivity index (χ1v) is 9.29. The van der Waals surface area contributed by atoms with Crippen LogP contribution in [0.2, 0.25) is 5.02 Å². The molecule has 1 fully saturated rings. The Hall–Kier alpha value is -3.20. The number of likely N-dealkylation sites (tertiary alicyclic amines) is 1. The van der Waals surface area contributed by atoms with Crippen LogP contribution in [0.5, 0.6) is 5.88 Å². The molecule has 1 N–H and O–H groups in total. The Morgan fingerprint density at radius 2 is 2.17 bits per heavy atom. The van der Waals surface area contributed by atoms with Crippen molar-refractivity contribution in [3.8, 4) is 5.88 Å². The fraction of sp³-hybridized carbons (Fsp3) is 0.316. The highest BCUT2D eigenvalue weighted by atomic mass is 35.5. The smallest absolute Gasteiger partial charge is 0.272 e. The minimum Gasteiger partial charge on any atom is -0.480 e. The van der Waals surface area contributed by atoms with E-state index in [2.05, 4.69) is 26.8 Å². The second-order valence-corrected chi connectivity index (χ2v) is 6.84. The summed E-state index contributed by atoms with van der Waals surface area (Å²) in [5.74, 6) is 0.260. The number of amides is 2. The molecule has 0 radical (unpaired) electrons. The Kier molecular flexibility index (Phi) is 6.28. The molecule has 1 aliphatic heterocycles. The fourth-order valence-corrected chi connectivity index (χ4v) is 3.11. The van der Waals surface area contributed by atoms with Gasteiger partial charge in [-0.05, 0) is 24.6 Å². The maximum absolute atomic E-state index is 12.7. The molecular formula is C19H21ClN6O3. The lowest BCUT2D eigenvalue weighted by Gasteiger charge is -2.18. The molecule has 29 heavy (non-hydrogen) atoms. The van der Waals surface area contributed by atoms with Crippen molar-refractivity contribution in [3.05, 3.63) is 47.9 Å². The van der Waals surface area contributed by atoms with Gasteiger partial charge in [-0.25, -0.2) is 9.97 Å². The Bertz CT molecular complexity index is 921. The molecule has 0 aromatic carbocycles. The minimum atomic E-state index is -0.250. The molecule has 0 spiro atoms. The first-order valence-electron chi connectivity index (χ1n) is 8.91. The number of pyridine rings is 1. The van der Waals surface area contributed by atoms with Crippen molar-refractivity contribution in [2.24, 2.45) is 0 Å². The maximum Gasteiger partial charge on any atom is 0.272 e. The van der Waals surface area contributed by atoms with Crippen LogP contribution in [-0.4, -0.2) is 65.0 Å². The van der Waals surface area contributed by atoms with Crippen LogP contribution < -0.4 is 15.0 Å². The van der Waals surface area contributed by atoms with Crippen molar-refractivity contribution in [3.63, 3.8) is 0 Å². The number of methoxy groups -OCH3 is 1. The highest BCUT2D eigenvalue weighted by Gasteiger charge is 2.28. The molecule has 3 heterocycles. The molecule has 0 bridgehead atoms. The first-order chi connectivity index (χ1) is 13.9. The van der Waals surface area contributed by atoms with Crippen LogP contribution in [0.25, 0.3) is 0 Å². The average Bonchev–Trinajstić information content (AvgIpc) is 3.22. The highest BCUT2D eigenvalue weighted by molar-refractivity contribution is 6.31. The average molecular weight is 417 g/mol. The van der Waals surface area contributed by atoms with Gasteiger partial charge in [0.25, 0.3) is 5.91 Å². The number of rotatable bonds is 6. The molecule has 0 saturated carbocycles. The monoisotopic (exact) mass is 416 g/mol. The Morgan fingerprint density at radius 1 is 1.38 bits per heavy atom. The summed E-state index contributed by atoms with van der Waals surface area (Å²) < 4.78 is 5.09.